The maximum absolute atomic E-state index is 5.63. The zero-order valence-corrected chi connectivity index (χ0v) is 10.5. The largest absolute Gasteiger partial charge is 0.382 e. The molecule has 84 valence electrons. The molecule has 16 heavy (non-hydrogen) atoms. The number of H-pyrrole nitrogens is 1. The second-order valence-electron chi connectivity index (χ2n) is 3.84. The lowest BCUT2D eigenvalue weighted by molar-refractivity contribution is 1.10. The van der Waals surface area contributed by atoms with Gasteiger partial charge < -0.3 is 5.73 Å². The Kier molecular flexibility index (Phi) is 2.92. The minimum atomic E-state index is 0.528. The maximum Gasteiger partial charge on any atom is 0.145 e. The first-order chi connectivity index (χ1) is 7.61. The van der Waals surface area contributed by atoms with E-state index in [1.165, 1.54) is 21.6 Å². The van der Waals surface area contributed by atoms with Crippen LogP contribution < -0.4 is 5.73 Å². The van der Waals surface area contributed by atoms with E-state index in [9.17, 15) is 0 Å². The highest BCUT2D eigenvalue weighted by atomic mass is 32.2. The number of thioether (sulfide) groups is 1. The maximum atomic E-state index is 5.63. The molecule has 3 N–H and O–H groups in total. The zero-order valence-electron chi connectivity index (χ0n) is 9.66. The number of nitrogens with two attached hydrogens (primary N) is 1. The summed E-state index contributed by atoms with van der Waals surface area (Å²) in [5, 5.41) is 6.92. The van der Waals surface area contributed by atoms with Crippen molar-refractivity contribution in [2.75, 3.05) is 12.0 Å². The van der Waals surface area contributed by atoms with Crippen LogP contribution in [0.1, 0.15) is 11.1 Å². The van der Waals surface area contributed by atoms with Crippen molar-refractivity contribution >= 4 is 17.6 Å². The number of nitrogen functional groups attached to an aromatic ring is 1. The standard InChI is InChI=1S/C12H15N3S/c1-7-4-9(10-6-12(13)15-14-10)11(16-3)5-8(7)2/h4-6H,1-3H3,(H3,13,14,15). The summed E-state index contributed by atoms with van der Waals surface area (Å²) in [6.45, 7) is 4.24. The van der Waals surface area contributed by atoms with Gasteiger partial charge in [-0.1, -0.05) is 0 Å². The quantitative estimate of drug-likeness (QED) is 0.784. The molecule has 1 heterocycles. The summed E-state index contributed by atoms with van der Waals surface area (Å²) in [6.07, 6.45) is 2.08. The zero-order chi connectivity index (χ0) is 11.7. The molecule has 0 saturated carbocycles. The van der Waals surface area contributed by atoms with Crippen LogP contribution >= 0.6 is 11.8 Å². The predicted octanol–water partition coefficient (Wildman–Crippen LogP) is 3.00. The van der Waals surface area contributed by atoms with E-state index in [2.05, 4.69) is 42.4 Å². The smallest absolute Gasteiger partial charge is 0.145 e. The van der Waals surface area contributed by atoms with Crippen LogP contribution in [0.25, 0.3) is 11.3 Å². The Hall–Kier alpha value is -1.42. The molecule has 0 bridgehead atoms. The van der Waals surface area contributed by atoms with E-state index in [1.54, 1.807) is 11.8 Å². The Labute approximate surface area is 99.4 Å². The number of nitrogens with one attached hydrogen (secondary N) is 1. The molecule has 0 unspecified atom stereocenters. The van der Waals surface area contributed by atoms with Gasteiger partial charge in [-0.25, -0.2) is 0 Å². The van der Waals surface area contributed by atoms with Gasteiger partial charge in [0.1, 0.15) is 5.82 Å². The van der Waals surface area contributed by atoms with Crippen LogP contribution in [0.5, 0.6) is 0 Å². The average Bonchev–Trinajstić information content (AvgIpc) is 2.68. The van der Waals surface area contributed by atoms with Crippen LogP contribution in [0.4, 0.5) is 5.82 Å². The van der Waals surface area contributed by atoms with Gasteiger partial charge in [0.15, 0.2) is 0 Å². The number of rotatable bonds is 2. The first-order valence-electron chi connectivity index (χ1n) is 5.08. The molecule has 0 radical (unpaired) electrons. The lowest BCUT2D eigenvalue weighted by Gasteiger charge is -2.09. The van der Waals surface area contributed by atoms with E-state index in [1.807, 2.05) is 6.07 Å². The minimum Gasteiger partial charge on any atom is -0.382 e. The van der Waals surface area contributed by atoms with Gasteiger partial charge in [0.05, 0.1) is 5.69 Å². The van der Waals surface area contributed by atoms with Crippen molar-refractivity contribution in [3.8, 4) is 11.3 Å². The number of hydrogen-bond donors (Lipinski definition) is 2. The third-order valence-corrected chi connectivity index (χ3v) is 3.48. The van der Waals surface area contributed by atoms with Crippen molar-refractivity contribution < 1.29 is 0 Å². The van der Waals surface area contributed by atoms with Gasteiger partial charge in [-0.3, -0.25) is 5.10 Å². The van der Waals surface area contributed by atoms with Crippen LogP contribution in [0, 0.1) is 13.8 Å². The van der Waals surface area contributed by atoms with E-state index in [0.717, 1.165) is 5.69 Å². The van der Waals surface area contributed by atoms with Crippen LogP contribution in [0.15, 0.2) is 23.1 Å². The van der Waals surface area contributed by atoms with E-state index in [0.29, 0.717) is 5.82 Å². The molecule has 1 aromatic heterocycles. The summed E-state index contributed by atoms with van der Waals surface area (Å²) >= 11 is 1.73. The van der Waals surface area contributed by atoms with Crippen LogP contribution in [-0.2, 0) is 0 Å². The Morgan fingerprint density at radius 3 is 2.44 bits per heavy atom. The lowest BCUT2D eigenvalue weighted by atomic mass is 10.0. The second kappa shape index (κ2) is 4.22. The van der Waals surface area contributed by atoms with Gasteiger partial charge in [0.2, 0.25) is 0 Å². The third kappa shape index (κ3) is 1.93. The molecular weight excluding hydrogens is 218 g/mol. The summed E-state index contributed by atoms with van der Waals surface area (Å²) in [7, 11) is 0. The van der Waals surface area contributed by atoms with Crippen molar-refractivity contribution in [1.82, 2.24) is 10.2 Å². The fourth-order valence-electron chi connectivity index (χ4n) is 1.64. The Morgan fingerprint density at radius 1 is 1.19 bits per heavy atom. The summed E-state index contributed by atoms with van der Waals surface area (Å²) in [5.74, 6) is 0.528. The van der Waals surface area contributed by atoms with Crippen molar-refractivity contribution in [1.29, 1.82) is 0 Å². The normalized spacial score (nSPS) is 10.7. The molecule has 2 aromatic rings. The molecule has 0 atom stereocenters. The third-order valence-electron chi connectivity index (χ3n) is 2.70. The average molecular weight is 233 g/mol. The van der Waals surface area contributed by atoms with Crippen LogP contribution in [0.2, 0.25) is 0 Å². The summed E-state index contributed by atoms with van der Waals surface area (Å²) < 4.78 is 0. The van der Waals surface area contributed by atoms with E-state index < -0.39 is 0 Å². The van der Waals surface area contributed by atoms with Gasteiger partial charge in [-0.2, -0.15) is 5.10 Å². The van der Waals surface area contributed by atoms with Crippen molar-refractivity contribution in [2.45, 2.75) is 18.7 Å². The molecule has 0 saturated heterocycles. The molecule has 0 aliphatic carbocycles. The second-order valence-corrected chi connectivity index (χ2v) is 4.69. The fraction of sp³-hybridized carbons (Fsp3) is 0.250. The Morgan fingerprint density at radius 2 is 1.88 bits per heavy atom. The highest BCUT2D eigenvalue weighted by Crippen LogP contribution is 2.32. The molecule has 2 rings (SSSR count). The molecule has 0 fully saturated rings. The van der Waals surface area contributed by atoms with Crippen LogP contribution in [-0.4, -0.2) is 16.5 Å². The Bertz CT molecular complexity index is 517. The van der Waals surface area contributed by atoms with E-state index in [-0.39, 0.29) is 0 Å². The number of anilines is 1. The van der Waals surface area contributed by atoms with Gasteiger partial charge in [0, 0.05) is 16.5 Å². The van der Waals surface area contributed by atoms with Crippen molar-refractivity contribution in [3.05, 3.63) is 29.3 Å². The van der Waals surface area contributed by atoms with Crippen molar-refractivity contribution in [2.24, 2.45) is 0 Å². The number of benzene rings is 1. The summed E-state index contributed by atoms with van der Waals surface area (Å²) in [5.41, 5.74) is 10.4. The minimum absolute atomic E-state index is 0.528. The molecule has 4 heteroatoms. The summed E-state index contributed by atoms with van der Waals surface area (Å²) in [6, 6.07) is 6.24. The first kappa shape index (κ1) is 11.1. The monoisotopic (exact) mass is 233 g/mol. The number of hydrogen-bond acceptors (Lipinski definition) is 3. The topological polar surface area (TPSA) is 54.7 Å². The SMILES string of the molecule is CSc1cc(C)c(C)cc1-c1cc(N)n[nH]1. The molecule has 0 aliphatic rings. The van der Waals surface area contributed by atoms with Gasteiger partial charge in [-0.15, -0.1) is 11.8 Å². The Balaban J connectivity index is 2.59. The van der Waals surface area contributed by atoms with Crippen molar-refractivity contribution in [3.63, 3.8) is 0 Å². The highest BCUT2D eigenvalue weighted by Gasteiger charge is 2.09. The number of aryl methyl sites for hydroxylation is 2. The molecule has 0 spiro atoms. The first-order valence-corrected chi connectivity index (χ1v) is 6.31. The molecule has 0 aliphatic heterocycles. The molecule has 3 nitrogen and oxygen atoms in total. The fourth-order valence-corrected chi connectivity index (χ4v) is 2.33. The summed E-state index contributed by atoms with van der Waals surface area (Å²) in [4.78, 5) is 1.24. The number of aromatic nitrogens is 2. The van der Waals surface area contributed by atoms with Gasteiger partial charge >= 0.3 is 0 Å². The van der Waals surface area contributed by atoms with Crippen LogP contribution in [0.3, 0.4) is 0 Å². The lowest BCUT2D eigenvalue weighted by Crippen LogP contribution is -1.88. The molecule has 1 aromatic carbocycles. The predicted molar refractivity (Wildman–Crippen MR) is 69.7 cm³/mol. The van der Waals surface area contributed by atoms with E-state index in [4.69, 9.17) is 5.73 Å². The van der Waals surface area contributed by atoms with Gasteiger partial charge in [0.25, 0.3) is 0 Å². The number of nitrogens with zero attached hydrogens (tertiary/aromatic N) is 1. The number of aromatic amines is 1. The highest BCUT2D eigenvalue weighted by molar-refractivity contribution is 7.98. The van der Waals surface area contributed by atoms with E-state index >= 15 is 0 Å². The van der Waals surface area contributed by atoms with Gasteiger partial charge in [-0.05, 0) is 43.4 Å². The molecule has 0 amide bonds. The molecular formula is C12H15N3S.